The van der Waals surface area contributed by atoms with E-state index >= 15 is 0 Å². The highest BCUT2D eigenvalue weighted by Crippen LogP contribution is 2.35. The Morgan fingerprint density at radius 3 is 2.67 bits per heavy atom. The smallest absolute Gasteiger partial charge is 0.0414 e. The first-order valence-corrected chi connectivity index (χ1v) is 7.11. The van der Waals surface area contributed by atoms with E-state index in [-0.39, 0.29) is 0 Å². The van der Waals surface area contributed by atoms with Gasteiger partial charge in [-0.3, -0.25) is 0 Å². The number of hydrogen-bond acceptors (Lipinski definition) is 2. The van der Waals surface area contributed by atoms with E-state index in [0.717, 1.165) is 6.54 Å². The van der Waals surface area contributed by atoms with Crippen molar-refractivity contribution in [1.29, 1.82) is 0 Å². The number of rotatable bonds is 4. The second-order valence-electron chi connectivity index (χ2n) is 6.17. The summed E-state index contributed by atoms with van der Waals surface area (Å²) in [5.74, 6) is 0. The summed E-state index contributed by atoms with van der Waals surface area (Å²) >= 11 is 0. The Morgan fingerprint density at radius 1 is 1.33 bits per heavy atom. The summed E-state index contributed by atoms with van der Waals surface area (Å²) in [6.45, 7) is 12.5. The van der Waals surface area contributed by atoms with E-state index in [4.69, 9.17) is 0 Å². The predicted octanol–water partition coefficient (Wildman–Crippen LogP) is 3.59. The molecule has 0 aromatic heterocycles. The maximum absolute atomic E-state index is 3.52. The minimum atomic E-state index is 0.426. The molecule has 1 aromatic carbocycles. The zero-order valence-electron chi connectivity index (χ0n) is 12.2. The number of para-hydroxylation sites is 1. The molecule has 1 saturated heterocycles. The SMILES string of the molecule is CCNC(C)c1ccccc1N1CCC(C)(C)C1. The molecule has 0 bridgehead atoms. The van der Waals surface area contributed by atoms with Gasteiger partial charge in [-0.1, -0.05) is 39.0 Å². The number of nitrogens with one attached hydrogen (secondary N) is 1. The Morgan fingerprint density at radius 2 is 2.06 bits per heavy atom. The van der Waals surface area contributed by atoms with Crippen LogP contribution in [-0.4, -0.2) is 19.6 Å². The van der Waals surface area contributed by atoms with E-state index in [0.29, 0.717) is 11.5 Å². The van der Waals surface area contributed by atoms with Crippen LogP contribution in [0.15, 0.2) is 24.3 Å². The van der Waals surface area contributed by atoms with Crippen LogP contribution in [0.2, 0.25) is 0 Å². The normalized spacial score (nSPS) is 20.1. The highest BCUT2D eigenvalue weighted by atomic mass is 15.2. The van der Waals surface area contributed by atoms with E-state index < -0.39 is 0 Å². The van der Waals surface area contributed by atoms with Crippen molar-refractivity contribution in [2.45, 2.75) is 40.2 Å². The average Bonchev–Trinajstić information content (AvgIpc) is 2.70. The molecule has 2 rings (SSSR count). The first-order valence-electron chi connectivity index (χ1n) is 7.11. The van der Waals surface area contributed by atoms with Crippen LogP contribution >= 0.6 is 0 Å². The van der Waals surface area contributed by atoms with Gasteiger partial charge in [0.15, 0.2) is 0 Å². The molecular formula is C16H26N2. The molecule has 0 saturated carbocycles. The molecule has 1 heterocycles. The van der Waals surface area contributed by atoms with Crippen molar-refractivity contribution in [2.24, 2.45) is 5.41 Å². The maximum atomic E-state index is 3.52. The summed E-state index contributed by atoms with van der Waals surface area (Å²) < 4.78 is 0. The summed E-state index contributed by atoms with van der Waals surface area (Å²) in [5, 5.41) is 3.52. The van der Waals surface area contributed by atoms with E-state index in [2.05, 4.69) is 62.2 Å². The van der Waals surface area contributed by atoms with Crippen LogP contribution in [0.1, 0.15) is 45.7 Å². The van der Waals surface area contributed by atoms with Crippen molar-refractivity contribution in [2.75, 3.05) is 24.5 Å². The molecule has 1 aromatic rings. The summed E-state index contributed by atoms with van der Waals surface area (Å²) in [5.41, 5.74) is 3.29. The Kier molecular flexibility index (Phi) is 3.96. The van der Waals surface area contributed by atoms with E-state index in [9.17, 15) is 0 Å². The van der Waals surface area contributed by atoms with Crippen LogP contribution in [-0.2, 0) is 0 Å². The molecule has 1 N–H and O–H groups in total. The van der Waals surface area contributed by atoms with Crippen molar-refractivity contribution in [3.05, 3.63) is 29.8 Å². The monoisotopic (exact) mass is 246 g/mol. The lowest BCUT2D eigenvalue weighted by atomic mass is 9.93. The highest BCUT2D eigenvalue weighted by Gasteiger charge is 2.30. The fourth-order valence-corrected chi connectivity index (χ4v) is 2.88. The van der Waals surface area contributed by atoms with Crippen molar-refractivity contribution < 1.29 is 0 Å². The van der Waals surface area contributed by atoms with Crippen LogP contribution < -0.4 is 10.2 Å². The van der Waals surface area contributed by atoms with Crippen molar-refractivity contribution >= 4 is 5.69 Å². The number of hydrogen-bond donors (Lipinski definition) is 1. The first kappa shape index (κ1) is 13.4. The molecule has 1 aliphatic rings. The zero-order chi connectivity index (χ0) is 13.2. The van der Waals surface area contributed by atoms with Gasteiger partial charge < -0.3 is 10.2 Å². The van der Waals surface area contributed by atoms with E-state index in [1.165, 1.54) is 30.8 Å². The highest BCUT2D eigenvalue weighted by molar-refractivity contribution is 5.55. The lowest BCUT2D eigenvalue weighted by Gasteiger charge is -2.26. The van der Waals surface area contributed by atoms with Gasteiger partial charge in [-0.05, 0) is 36.9 Å². The zero-order valence-corrected chi connectivity index (χ0v) is 12.2. The van der Waals surface area contributed by atoms with Gasteiger partial charge in [0.25, 0.3) is 0 Å². The molecule has 1 fully saturated rings. The Hall–Kier alpha value is -1.02. The lowest BCUT2D eigenvalue weighted by molar-refractivity contribution is 0.418. The van der Waals surface area contributed by atoms with Gasteiger partial charge in [0.1, 0.15) is 0 Å². The number of nitrogens with zero attached hydrogens (tertiary/aromatic N) is 1. The molecule has 1 unspecified atom stereocenters. The van der Waals surface area contributed by atoms with Crippen molar-refractivity contribution in [3.63, 3.8) is 0 Å². The fraction of sp³-hybridized carbons (Fsp3) is 0.625. The van der Waals surface area contributed by atoms with Crippen LogP contribution in [0.3, 0.4) is 0 Å². The van der Waals surface area contributed by atoms with Gasteiger partial charge in [0.05, 0.1) is 0 Å². The molecule has 1 atom stereocenters. The van der Waals surface area contributed by atoms with Crippen molar-refractivity contribution in [1.82, 2.24) is 5.32 Å². The first-order chi connectivity index (χ1) is 8.53. The topological polar surface area (TPSA) is 15.3 Å². The Balaban J connectivity index is 2.23. The molecule has 1 aliphatic heterocycles. The predicted molar refractivity (Wildman–Crippen MR) is 79.1 cm³/mol. The largest absolute Gasteiger partial charge is 0.371 e. The summed E-state index contributed by atoms with van der Waals surface area (Å²) in [7, 11) is 0. The maximum Gasteiger partial charge on any atom is 0.0414 e. The van der Waals surface area contributed by atoms with Gasteiger partial charge in [0, 0.05) is 24.8 Å². The molecule has 0 aliphatic carbocycles. The third-order valence-corrected chi connectivity index (χ3v) is 3.93. The average molecular weight is 246 g/mol. The van der Waals surface area contributed by atoms with Gasteiger partial charge >= 0.3 is 0 Å². The Labute approximate surface area is 111 Å². The molecule has 0 amide bonds. The molecule has 100 valence electrons. The molecule has 2 nitrogen and oxygen atoms in total. The summed E-state index contributed by atoms with van der Waals surface area (Å²) in [4.78, 5) is 2.54. The second kappa shape index (κ2) is 5.31. The third-order valence-electron chi connectivity index (χ3n) is 3.93. The number of benzene rings is 1. The second-order valence-corrected chi connectivity index (χ2v) is 6.17. The van der Waals surface area contributed by atoms with Crippen LogP contribution in [0.5, 0.6) is 0 Å². The minimum Gasteiger partial charge on any atom is -0.371 e. The lowest BCUT2D eigenvalue weighted by Crippen LogP contribution is -2.26. The fourth-order valence-electron chi connectivity index (χ4n) is 2.88. The standard InChI is InChI=1S/C16H26N2/c1-5-17-13(2)14-8-6-7-9-15(14)18-11-10-16(3,4)12-18/h6-9,13,17H,5,10-12H2,1-4H3. The minimum absolute atomic E-state index is 0.426. The van der Waals surface area contributed by atoms with Crippen LogP contribution in [0.25, 0.3) is 0 Å². The van der Waals surface area contributed by atoms with E-state index in [1.54, 1.807) is 0 Å². The summed E-state index contributed by atoms with van der Waals surface area (Å²) in [6.07, 6.45) is 1.29. The van der Waals surface area contributed by atoms with Crippen LogP contribution in [0, 0.1) is 5.41 Å². The molecule has 18 heavy (non-hydrogen) atoms. The molecule has 0 radical (unpaired) electrons. The van der Waals surface area contributed by atoms with Crippen molar-refractivity contribution in [3.8, 4) is 0 Å². The summed E-state index contributed by atoms with van der Waals surface area (Å²) in [6, 6.07) is 9.25. The quantitative estimate of drug-likeness (QED) is 0.873. The van der Waals surface area contributed by atoms with Crippen LogP contribution in [0.4, 0.5) is 5.69 Å². The molecular weight excluding hydrogens is 220 g/mol. The number of anilines is 1. The molecule has 2 heteroatoms. The van der Waals surface area contributed by atoms with E-state index in [1.807, 2.05) is 0 Å². The van der Waals surface area contributed by atoms with Gasteiger partial charge in [0.2, 0.25) is 0 Å². The van der Waals surface area contributed by atoms with Gasteiger partial charge in [-0.25, -0.2) is 0 Å². The Bertz CT molecular complexity index is 398. The third kappa shape index (κ3) is 2.86. The van der Waals surface area contributed by atoms with Gasteiger partial charge in [-0.15, -0.1) is 0 Å². The van der Waals surface area contributed by atoms with Gasteiger partial charge in [-0.2, -0.15) is 0 Å². The molecule has 0 spiro atoms.